The summed E-state index contributed by atoms with van der Waals surface area (Å²) in [5.41, 5.74) is 4.02. The monoisotopic (exact) mass is 344 g/mol. The maximum atomic E-state index is 12.2. The average molecular weight is 344 g/mol. The van der Waals surface area contributed by atoms with Gasteiger partial charge in [0.15, 0.2) is 11.5 Å². The summed E-state index contributed by atoms with van der Waals surface area (Å²) in [6.07, 6.45) is 1.79. The van der Waals surface area contributed by atoms with Crippen molar-refractivity contribution in [1.82, 2.24) is 15.5 Å². The van der Waals surface area contributed by atoms with Gasteiger partial charge in [-0.3, -0.25) is 4.79 Å². The third-order valence-electron chi connectivity index (χ3n) is 4.59. The van der Waals surface area contributed by atoms with Crippen molar-refractivity contribution in [3.05, 3.63) is 83.6 Å². The molecule has 3 aromatic rings. The van der Waals surface area contributed by atoms with Crippen LogP contribution in [0.15, 0.2) is 66.7 Å². The number of fused-ring (bicyclic) bond motifs is 1. The number of aromatic nitrogens is 2. The third-order valence-corrected chi connectivity index (χ3v) is 4.59. The van der Waals surface area contributed by atoms with Gasteiger partial charge < -0.3 is 10.2 Å². The minimum atomic E-state index is -0.193. The van der Waals surface area contributed by atoms with E-state index in [1.165, 1.54) is 16.8 Å². The van der Waals surface area contributed by atoms with Gasteiger partial charge in [0.1, 0.15) is 0 Å². The van der Waals surface area contributed by atoms with Crippen molar-refractivity contribution in [1.29, 1.82) is 0 Å². The van der Waals surface area contributed by atoms with E-state index in [2.05, 4.69) is 50.7 Å². The molecule has 2 aromatic carbocycles. The first-order valence-corrected chi connectivity index (χ1v) is 8.82. The first-order chi connectivity index (χ1) is 12.8. The Balaban J connectivity index is 1.38. The highest BCUT2D eigenvalue weighted by Crippen LogP contribution is 2.32. The van der Waals surface area contributed by atoms with Gasteiger partial charge >= 0.3 is 0 Å². The third kappa shape index (κ3) is 3.42. The Morgan fingerprint density at radius 1 is 0.962 bits per heavy atom. The van der Waals surface area contributed by atoms with Crippen molar-refractivity contribution in [2.45, 2.75) is 12.8 Å². The van der Waals surface area contributed by atoms with Crippen LogP contribution in [0.1, 0.15) is 21.6 Å². The van der Waals surface area contributed by atoms with Crippen LogP contribution in [0.2, 0.25) is 0 Å². The maximum absolute atomic E-state index is 12.2. The Hall–Kier alpha value is -3.21. The van der Waals surface area contributed by atoms with Crippen molar-refractivity contribution >= 4 is 17.4 Å². The molecule has 0 saturated heterocycles. The number of rotatable bonds is 5. The average Bonchev–Trinajstić information content (AvgIpc) is 3.13. The number of nitrogens with zero attached hydrogens (tertiary/aromatic N) is 3. The fourth-order valence-corrected chi connectivity index (χ4v) is 3.22. The van der Waals surface area contributed by atoms with Crippen molar-refractivity contribution in [2.24, 2.45) is 0 Å². The molecule has 2 heterocycles. The zero-order valence-corrected chi connectivity index (χ0v) is 14.4. The molecule has 1 amide bonds. The summed E-state index contributed by atoms with van der Waals surface area (Å²) < 4.78 is 0. The molecule has 0 saturated carbocycles. The van der Waals surface area contributed by atoms with Gasteiger partial charge in [0.05, 0.1) is 0 Å². The summed E-state index contributed by atoms with van der Waals surface area (Å²) in [6, 6.07) is 22.0. The number of hydrogen-bond donors (Lipinski definition) is 1. The van der Waals surface area contributed by atoms with Crippen LogP contribution in [0.25, 0.3) is 0 Å². The van der Waals surface area contributed by atoms with Crippen LogP contribution in [-0.2, 0) is 12.8 Å². The predicted molar refractivity (Wildman–Crippen MR) is 102 cm³/mol. The maximum Gasteiger partial charge on any atom is 0.271 e. The predicted octanol–water partition coefficient (Wildman–Crippen LogP) is 3.14. The van der Waals surface area contributed by atoms with Crippen LogP contribution < -0.4 is 10.2 Å². The normalized spacial score (nSPS) is 12.7. The highest BCUT2D eigenvalue weighted by Gasteiger charge is 2.21. The van der Waals surface area contributed by atoms with Gasteiger partial charge in [-0.1, -0.05) is 48.5 Å². The Morgan fingerprint density at radius 2 is 1.77 bits per heavy atom. The van der Waals surface area contributed by atoms with Crippen LogP contribution >= 0.6 is 0 Å². The highest BCUT2D eigenvalue weighted by atomic mass is 16.1. The molecule has 26 heavy (non-hydrogen) atoms. The molecule has 0 spiro atoms. The summed E-state index contributed by atoms with van der Waals surface area (Å²) >= 11 is 0. The van der Waals surface area contributed by atoms with E-state index >= 15 is 0 Å². The van der Waals surface area contributed by atoms with E-state index in [0.29, 0.717) is 12.2 Å². The van der Waals surface area contributed by atoms with Crippen LogP contribution in [-0.4, -0.2) is 29.2 Å². The fraction of sp³-hybridized carbons (Fsp3) is 0.190. The summed E-state index contributed by atoms with van der Waals surface area (Å²) in [5, 5.41) is 11.3. The lowest BCUT2D eigenvalue weighted by Crippen LogP contribution is -2.27. The van der Waals surface area contributed by atoms with Gasteiger partial charge in [0.2, 0.25) is 0 Å². The number of benzene rings is 2. The first kappa shape index (κ1) is 16.3. The van der Waals surface area contributed by atoms with Gasteiger partial charge in [-0.25, -0.2) is 0 Å². The quantitative estimate of drug-likeness (QED) is 0.772. The summed E-state index contributed by atoms with van der Waals surface area (Å²) in [4.78, 5) is 14.4. The van der Waals surface area contributed by atoms with Crippen LogP contribution in [0.4, 0.5) is 11.5 Å². The number of anilines is 2. The molecule has 1 aliphatic rings. The second-order valence-electron chi connectivity index (χ2n) is 6.30. The van der Waals surface area contributed by atoms with E-state index in [1.807, 2.05) is 30.3 Å². The molecular formula is C21H20N4O. The van der Waals surface area contributed by atoms with Gasteiger partial charge in [0.25, 0.3) is 5.91 Å². The number of amides is 1. The van der Waals surface area contributed by atoms with Gasteiger partial charge in [-0.05, 0) is 42.2 Å². The largest absolute Gasteiger partial charge is 0.350 e. The van der Waals surface area contributed by atoms with Gasteiger partial charge in [0, 0.05) is 18.8 Å². The van der Waals surface area contributed by atoms with Crippen LogP contribution in [0, 0.1) is 0 Å². The molecule has 5 heteroatoms. The van der Waals surface area contributed by atoms with E-state index in [9.17, 15) is 4.79 Å². The van der Waals surface area contributed by atoms with E-state index in [1.54, 1.807) is 6.07 Å². The highest BCUT2D eigenvalue weighted by molar-refractivity contribution is 5.92. The smallest absolute Gasteiger partial charge is 0.271 e. The summed E-state index contributed by atoms with van der Waals surface area (Å²) in [6.45, 7) is 1.46. The number of hydrogen-bond acceptors (Lipinski definition) is 4. The fourth-order valence-electron chi connectivity index (χ4n) is 3.22. The van der Waals surface area contributed by atoms with Crippen LogP contribution in [0.3, 0.4) is 0 Å². The molecule has 0 unspecified atom stereocenters. The molecule has 4 rings (SSSR count). The molecule has 1 N–H and O–H groups in total. The Bertz CT molecular complexity index is 893. The zero-order valence-electron chi connectivity index (χ0n) is 14.4. The van der Waals surface area contributed by atoms with Gasteiger partial charge in [-0.2, -0.15) is 0 Å². The summed E-state index contributed by atoms with van der Waals surface area (Å²) in [5.74, 6) is 0.581. The molecule has 1 aromatic heterocycles. The lowest BCUT2D eigenvalue weighted by molar-refractivity contribution is 0.0948. The Morgan fingerprint density at radius 3 is 2.58 bits per heavy atom. The van der Waals surface area contributed by atoms with Crippen molar-refractivity contribution < 1.29 is 4.79 Å². The van der Waals surface area contributed by atoms with Gasteiger partial charge in [-0.15, -0.1) is 10.2 Å². The molecule has 0 bridgehead atoms. The minimum absolute atomic E-state index is 0.193. The van der Waals surface area contributed by atoms with Crippen molar-refractivity contribution in [3.8, 4) is 0 Å². The number of carbonyl (C=O) groups excluding carboxylic acids is 1. The molecule has 1 aliphatic heterocycles. The molecule has 0 aliphatic carbocycles. The van der Waals surface area contributed by atoms with E-state index in [-0.39, 0.29) is 5.91 Å². The topological polar surface area (TPSA) is 58.1 Å². The van der Waals surface area contributed by atoms with Crippen LogP contribution in [0.5, 0.6) is 0 Å². The molecule has 0 radical (unpaired) electrons. The van der Waals surface area contributed by atoms with Crippen molar-refractivity contribution in [2.75, 3.05) is 18.0 Å². The number of nitrogens with one attached hydrogen (secondary N) is 1. The van der Waals surface area contributed by atoms with E-state index < -0.39 is 0 Å². The molecule has 130 valence electrons. The molecular weight excluding hydrogens is 324 g/mol. The number of para-hydroxylation sites is 1. The second kappa shape index (κ2) is 7.35. The summed E-state index contributed by atoms with van der Waals surface area (Å²) in [7, 11) is 0. The SMILES string of the molecule is O=C(NCCc1ccccc1)c1ccc(N2CCc3ccccc32)nn1. The van der Waals surface area contributed by atoms with E-state index in [0.717, 1.165) is 25.2 Å². The lowest BCUT2D eigenvalue weighted by atomic mass is 10.1. The molecule has 5 nitrogen and oxygen atoms in total. The molecule has 0 fully saturated rings. The second-order valence-corrected chi connectivity index (χ2v) is 6.30. The zero-order chi connectivity index (χ0) is 17.8. The molecule has 0 atom stereocenters. The lowest BCUT2D eigenvalue weighted by Gasteiger charge is -2.17. The van der Waals surface area contributed by atoms with E-state index in [4.69, 9.17) is 0 Å². The minimum Gasteiger partial charge on any atom is -0.350 e. The Kier molecular flexibility index (Phi) is 4.60. The standard InChI is InChI=1S/C21H20N4O/c26-21(22-14-12-16-6-2-1-3-7-16)18-10-11-20(24-23-18)25-15-13-17-8-4-5-9-19(17)25/h1-11H,12-15H2,(H,22,26). The first-order valence-electron chi connectivity index (χ1n) is 8.82. The number of carbonyl (C=O) groups is 1. The Labute approximate surface area is 152 Å². The van der Waals surface area contributed by atoms with Crippen molar-refractivity contribution in [3.63, 3.8) is 0 Å².